The first-order chi connectivity index (χ1) is 7.26. The minimum atomic E-state index is -4.85. The van der Waals surface area contributed by atoms with Crippen LogP contribution in [-0.2, 0) is 11.1 Å². The smallest absolute Gasteiger partial charge is 0.301 e. The van der Waals surface area contributed by atoms with Crippen LogP contribution in [0.2, 0.25) is 0 Å². The van der Waals surface area contributed by atoms with Gasteiger partial charge >= 0.3 is 11.2 Å². The molecule has 0 aromatic heterocycles. The topological polar surface area (TPSA) is 37.3 Å². The van der Waals surface area contributed by atoms with Crippen molar-refractivity contribution in [3.63, 3.8) is 0 Å². The van der Waals surface area contributed by atoms with E-state index in [-0.39, 0.29) is 12.3 Å². The molecule has 1 N–H and O–H groups in total. The Balaban J connectivity index is 2.22. The maximum absolute atomic E-state index is 13.5. The number of hydrogen-bond acceptors (Lipinski definition) is 1. The average molecular weight is 260 g/mol. The highest BCUT2D eigenvalue weighted by Gasteiger charge is 2.68. The zero-order valence-corrected chi connectivity index (χ0v) is 9.15. The van der Waals surface area contributed by atoms with Crippen LogP contribution in [-0.4, -0.2) is 19.9 Å². The summed E-state index contributed by atoms with van der Waals surface area (Å²) in [6.45, 7) is 0. The van der Waals surface area contributed by atoms with Gasteiger partial charge in [-0.25, -0.2) is 4.21 Å². The molecule has 2 rings (SSSR count). The Morgan fingerprint density at radius 3 is 2.12 bits per heavy atom. The molecule has 4 unspecified atom stereocenters. The molecule has 16 heavy (non-hydrogen) atoms. The second kappa shape index (κ2) is 3.66. The molecule has 2 fully saturated rings. The van der Waals surface area contributed by atoms with E-state index in [2.05, 4.69) is 0 Å². The summed E-state index contributed by atoms with van der Waals surface area (Å²) < 4.78 is 71.6. The first kappa shape index (κ1) is 12.3. The summed E-state index contributed by atoms with van der Waals surface area (Å²) in [6.07, 6.45) is 1.93. The first-order valence-corrected chi connectivity index (χ1v) is 6.24. The summed E-state index contributed by atoms with van der Waals surface area (Å²) in [4.78, 5) is 0. The Bertz CT molecular complexity index is 321. The Hall–Kier alpha value is -0.170. The van der Waals surface area contributed by atoms with Crippen LogP contribution in [0.5, 0.6) is 0 Å². The predicted octanol–water partition coefficient (Wildman–Crippen LogP) is 2.87. The Morgan fingerprint density at radius 1 is 1.12 bits per heavy atom. The van der Waals surface area contributed by atoms with Gasteiger partial charge in [0.15, 0.2) is 0 Å². The second-order valence-electron chi connectivity index (χ2n) is 4.67. The molecule has 2 aliphatic rings. The third-order valence-corrected chi connectivity index (χ3v) is 4.52. The van der Waals surface area contributed by atoms with Crippen LogP contribution in [0.3, 0.4) is 0 Å². The largest absolute Gasteiger partial charge is 0.406 e. The van der Waals surface area contributed by atoms with Crippen LogP contribution in [0.15, 0.2) is 0 Å². The van der Waals surface area contributed by atoms with Gasteiger partial charge in [0.1, 0.15) is 0 Å². The Morgan fingerprint density at radius 2 is 1.75 bits per heavy atom. The molecule has 0 aliphatic heterocycles. The summed E-state index contributed by atoms with van der Waals surface area (Å²) in [5.74, 6) is -6.16. The van der Waals surface area contributed by atoms with E-state index in [0.717, 1.165) is 6.42 Å². The Kier molecular flexibility index (Phi) is 2.81. The Labute approximate surface area is 92.7 Å². The average Bonchev–Trinajstić information content (AvgIpc) is 2.77. The van der Waals surface area contributed by atoms with Gasteiger partial charge in [0.05, 0.1) is 0 Å². The van der Waals surface area contributed by atoms with Crippen molar-refractivity contribution in [3.8, 4) is 0 Å². The molecule has 0 heterocycles. The SMILES string of the molecule is O=S(O)C(F)(F)C(F)(F)C1CC2CCC1C2. The molecule has 0 amide bonds. The number of alkyl halides is 4. The van der Waals surface area contributed by atoms with Gasteiger partial charge in [-0.1, -0.05) is 6.42 Å². The molecule has 94 valence electrons. The highest BCUT2D eigenvalue weighted by Crippen LogP contribution is 2.57. The summed E-state index contributed by atoms with van der Waals surface area (Å²) in [5, 5.41) is -4.85. The van der Waals surface area contributed by atoms with Crippen molar-refractivity contribution >= 4 is 11.1 Å². The van der Waals surface area contributed by atoms with Crippen LogP contribution in [0.4, 0.5) is 17.6 Å². The van der Waals surface area contributed by atoms with Crippen molar-refractivity contribution in [1.82, 2.24) is 0 Å². The molecular weight excluding hydrogens is 248 g/mol. The maximum Gasteiger partial charge on any atom is 0.406 e. The summed E-state index contributed by atoms with van der Waals surface area (Å²) in [7, 11) is 0. The third-order valence-electron chi connectivity index (χ3n) is 3.81. The minimum absolute atomic E-state index is 0.0461. The van der Waals surface area contributed by atoms with Crippen LogP contribution < -0.4 is 0 Å². The van der Waals surface area contributed by atoms with E-state index < -0.39 is 34.1 Å². The standard InChI is InChI=1S/C9H12F4O2S/c10-8(11,9(12,13)16(14)15)7-4-5-1-2-6(7)3-5/h5-7H,1-4H2,(H,14,15). The highest BCUT2D eigenvalue weighted by atomic mass is 32.2. The molecule has 0 saturated heterocycles. The molecule has 4 atom stereocenters. The van der Waals surface area contributed by atoms with Crippen LogP contribution in [0.1, 0.15) is 25.7 Å². The first-order valence-electron chi connectivity index (χ1n) is 5.13. The van der Waals surface area contributed by atoms with Gasteiger partial charge in [-0.05, 0) is 31.1 Å². The number of halogens is 4. The zero-order valence-electron chi connectivity index (χ0n) is 8.34. The maximum atomic E-state index is 13.5. The third kappa shape index (κ3) is 1.59. The highest BCUT2D eigenvalue weighted by molar-refractivity contribution is 7.80. The number of rotatable bonds is 3. The normalized spacial score (nSPS) is 36.7. The van der Waals surface area contributed by atoms with Crippen LogP contribution >= 0.6 is 0 Å². The monoisotopic (exact) mass is 260 g/mol. The fourth-order valence-corrected chi connectivity index (χ4v) is 3.41. The van der Waals surface area contributed by atoms with E-state index >= 15 is 0 Å². The van der Waals surface area contributed by atoms with Crippen molar-refractivity contribution in [3.05, 3.63) is 0 Å². The van der Waals surface area contributed by atoms with Crippen molar-refractivity contribution in [2.75, 3.05) is 0 Å². The molecule has 7 heteroatoms. The van der Waals surface area contributed by atoms with Crippen molar-refractivity contribution in [1.29, 1.82) is 0 Å². The second-order valence-corrected chi connectivity index (χ2v) is 5.68. The summed E-state index contributed by atoms with van der Waals surface area (Å²) >= 11 is -3.83. The van der Waals surface area contributed by atoms with E-state index in [9.17, 15) is 21.8 Å². The lowest BCUT2D eigenvalue weighted by atomic mass is 9.84. The van der Waals surface area contributed by atoms with E-state index in [0.29, 0.717) is 12.8 Å². The van der Waals surface area contributed by atoms with E-state index in [1.165, 1.54) is 0 Å². The van der Waals surface area contributed by atoms with E-state index in [4.69, 9.17) is 4.55 Å². The molecular formula is C9H12F4O2S. The minimum Gasteiger partial charge on any atom is -0.301 e. The molecule has 0 radical (unpaired) electrons. The zero-order chi connectivity index (χ0) is 12.1. The summed E-state index contributed by atoms with van der Waals surface area (Å²) in [6, 6.07) is 0. The molecule has 0 spiro atoms. The van der Waals surface area contributed by atoms with Crippen molar-refractivity contribution in [2.45, 2.75) is 36.9 Å². The fraction of sp³-hybridized carbons (Fsp3) is 1.00. The van der Waals surface area contributed by atoms with Crippen molar-refractivity contribution in [2.24, 2.45) is 17.8 Å². The van der Waals surface area contributed by atoms with Crippen molar-refractivity contribution < 1.29 is 26.3 Å². The van der Waals surface area contributed by atoms with Crippen LogP contribution in [0, 0.1) is 17.8 Å². The van der Waals surface area contributed by atoms with Gasteiger partial charge in [0, 0.05) is 5.92 Å². The van der Waals surface area contributed by atoms with Gasteiger partial charge in [0.25, 0.3) is 0 Å². The van der Waals surface area contributed by atoms with Gasteiger partial charge < -0.3 is 4.55 Å². The van der Waals surface area contributed by atoms with Gasteiger partial charge in [0.2, 0.25) is 11.1 Å². The molecule has 2 saturated carbocycles. The van der Waals surface area contributed by atoms with Gasteiger partial charge in [-0.2, -0.15) is 17.6 Å². The lowest BCUT2D eigenvalue weighted by Gasteiger charge is -2.33. The quantitative estimate of drug-likeness (QED) is 0.625. The van der Waals surface area contributed by atoms with E-state index in [1.807, 2.05) is 0 Å². The predicted molar refractivity (Wildman–Crippen MR) is 49.6 cm³/mol. The molecule has 2 nitrogen and oxygen atoms in total. The summed E-state index contributed by atoms with van der Waals surface area (Å²) in [5.41, 5.74) is 0. The van der Waals surface area contributed by atoms with Gasteiger partial charge in [-0.15, -0.1) is 0 Å². The molecule has 2 aliphatic carbocycles. The number of fused-ring (bicyclic) bond motifs is 2. The lowest BCUT2D eigenvalue weighted by molar-refractivity contribution is -0.200. The van der Waals surface area contributed by atoms with E-state index in [1.54, 1.807) is 0 Å². The number of hydrogen-bond donors (Lipinski definition) is 1. The van der Waals surface area contributed by atoms with Crippen LogP contribution in [0.25, 0.3) is 0 Å². The molecule has 0 aromatic rings. The molecule has 2 bridgehead atoms. The lowest BCUT2D eigenvalue weighted by Crippen LogP contribution is -2.50. The fourth-order valence-electron chi connectivity index (χ4n) is 3.02. The van der Waals surface area contributed by atoms with Gasteiger partial charge in [-0.3, -0.25) is 0 Å². The molecule has 0 aromatic carbocycles.